The fourth-order valence-electron chi connectivity index (χ4n) is 1.81. The Balaban J connectivity index is 2.49. The van der Waals surface area contributed by atoms with Crippen LogP contribution in [-0.2, 0) is 6.61 Å². The lowest BCUT2D eigenvalue weighted by molar-refractivity contribution is 0.274. The molecule has 0 aromatic heterocycles. The Hall–Kier alpha value is -1.91. The number of para-hydroxylation sites is 2. The molecule has 0 amide bonds. The van der Waals surface area contributed by atoms with Crippen molar-refractivity contribution in [3.8, 4) is 23.0 Å². The van der Waals surface area contributed by atoms with Gasteiger partial charge >= 0.3 is 0 Å². The van der Waals surface area contributed by atoms with E-state index in [1.165, 1.54) is 0 Å². The standard InChI is InChI=1S/C15H15ClO4/c1-18-12-7-4-8-13(19-2)15(12)20-14-10(9-17)5-3-6-11(14)16/h3-8,17H,9H2,1-2H3. The largest absolute Gasteiger partial charge is 0.493 e. The van der Waals surface area contributed by atoms with Crippen LogP contribution in [0.15, 0.2) is 36.4 Å². The maximum absolute atomic E-state index is 9.37. The van der Waals surface area contributed by atoms with Crippen LogP contribution in [0, 0.1) is 0 Å². The maximum Gasteiger partial charge on any atom is 0.211 e. The van der Waals surface area contributed by atoms with Crippen molar-refractivity contribution in [2.45, 2.75) is 6.61 Å². The highest BCUT2D eigenvalue weighted by Gasteiger charge is 2.16. The zero-order valence-electron chi connectivity index (χ0n) is 11.2. The highest BCUT2D eigenvalue weighted by Crippen LogP contribution is 2.42. The van der Waals surface area contributed by atoms with E-state index in [1.807, 2.05) is 0 Å². The van der Waals surface area contributed by atoms with Crippen molar-refractivity contribution >= 4 is 11.6 Å². The lowest BCUT2D eigenvalue weighted by Crippen LogP contribution is -1.97. The second kappa shape index (κ2) is 6.50. The van der Waals surface area contributed by atoms with E-state index < -0.39 is 0 Å². The number of halogens is 1. The Labute approximate surface area is 122 Å². The lowest BCUT2D eigenvalue weighted by atomic mass is 10.2. The molecule has 0 saturated heterocycles. The summed E-state index contributed by atoms with van der Waals surface area (Å²) in [4.78, 5) is 0. The van der Waals surface area contributed by atoms with Crippen molar-refractivity contribution < 1.29 is 19.3 Å². The van der Waals surface area contributed by atoms with Gasteiger partial charge in [-0.25, -0.2) is 0 Å². The number of hydrogen-bond acceptors (Lipinski definition) is 4. The predicted molar refractivity (Wildman–Crippen MR) is 77.0 cm³/mol. The molecule has 4 nitrogen and oxygen atoms in total. The minimum Gasteiger partial charge on any atom is -0.493 e. The van der Waals surface area contributed by atoms with Gasteiger partial charge in [-0.15, -0.1) is 0 Å². The summed E-state index contributed by atoms with van der Waals surface area (Å²) in [6.45, 7) is -0.173. The first-order valence-electron chi connectivity index (χ1n) is 5.98. The third-order valence-electron chi connectivity index (χ3n) is 2.81. The van der Waals surface area contributed by atoms with Crippen molar-refractivity contribution in [3.05, 3.63) is 47.0 Å². The maximum atomic E-state index is 9.37. The van der Waals surface area contributed by atoms with Gasteiger partial charge in [0.05, 0.1) is 25.8 Å². The minimum atomic E-state index is -0.173. The zero-order chi connectivity index (χ0) is 14.5. The fourth-order valence-corrected chi connectivity index (χ4v) is 2.04. The topological polar surface area (TPSA) is 47.9 Å². The van der Waals surface area contributed by atoms with Crippen LogP contribution >= 0.6 is 11.6 Å². The molecule has 0 atom stereocenters. The third kappa shape index (κ3) is 2.81. The van der Waals surface area contributed by atoms with E-state index in [-0.39, 0.29) is 6.61 Å². The van der Waals surface area contributed by atoms with Gasteiger partial charge in [0.2, 0.25) is 5.75 Å². The average Bonchev–Trinajstić information content (AvgIpc) is 2.49. The van der Waals surface area contributed by atoms with Gasteiger partial charge in [0.1, 0.15) is 0 Å². The zero-order valence-corrected chi connectivity index (χ0v) is 12.0. The quantitative estimate of drug-likeness (QED) is 0.914. The highest BCUT2D eigenvalue weighted by molar-refractivity contribution is 6.32. The Morgan fingerprint density at radius 2 is 1.55 bits per heavy atom. The van der Waals surface area contributed by atoms with Crippen LogP contribution in [0.1, 0.15) is 5.56 Å². The molecule has 0 fully saturated rings. The summed E-state index contributed by atoms with van der Waals surface area (Å²) in [5, 5.41) is 9.78. The van der Waals surface area contributed by atoms with E-state index in [0.29, 0.717) is 33.6 Å². The molecule has 0 aliphatic carbocycles. The Kier molecular flexibility index (Phi) is 4.71. The van der Waals surface area contributed by atoms with Crippen LogP contribution in [-0.4, -0.2) is 19.3 Å². The van der Waals surface area contributed by atoms with Crippen molar-refractivity contribution in [1.29, 1.82) is 0 Å². The summed E-state index contributed by atoms with van der Waals surface area (Å²) < 4.78 is 16.4. The number of hydrogen-bond donors (Lipinski definition) is 1. The van der Waals surface area contributed by atoms with Gasteiger partial charge in [0.25, 0.3) is 0 Å². The summed E-state index contributed by atoms with van der Waals surface area (Å²) in [5.41, 5.74) is 0.588. The second-order valence-corrected chi connectivity index (χ2v) is 4.39. The normalized spacial score (nSPS) is 10.2. The molecule has 20 heavy (non-hydrogen) atoms. The molecular weight excluding hydrogens is 280 g/mol. The molecule has 2 aromatic carbocycles. The molecule has 106 valence electrons. The molecule has 0 radical (unpaired) electrons. The van der Waals surface area contributed by atoms with E-state index in [2.05, 4.69) is 0 Å². The molecule has 1 N–H and O–H groups in total. The van der Waals surface area contributed by atoms with Gasteiger partial charge in [0.15, 0.2) is 17.2 Å². The van der Waals surface area contributed by atoms with Gasteiger partial charge in [0, 0.05) is 5.56 Å². The molecule has 0 spiro atoms. The summed E-state index contributed by atoms with van der Waals surface area (Å²) >= 11 is 6.13. The van der Waals surface area contributed by atoms with E-state index in [4.69, 9.17) is 25.8 Å². The van der Waals surface area contributed by atoms with Crippen LogP contribution in [0.25, 0.3) is 0 Å². The summed E-state index contributed by atoms with van der Waals surface area (Å²) in [6.07, 6.45) is 0. The smallest absolute Gasteiger partial charge is 0.211 e. The molecule has 0 heterocycles. The van der Waals surface area contributed by atoms with Crippen LogP contribution in [0.3, 0.4) is 0 Å². The molecule has 0 bridgehead atoms. The number of methoxy groups -OCH3 is 2. The summed E-state index contributed by atoms with van der Waals surface area (Å²) in [7, 11) is 3.09. The third-order valence-corrected chi connectivity index (χ3v) is 3.10. The SMILES string of the molecule is COc1cccc(OC)c1Oc1c(Cl)cccc1CO. The van der Waals surface area contributed by atoms with Crippen LogP contribution < -0.4 is 14.2 Å². The fraction of sp³-hybridized carbons (Fsp3) is 0.200. The number of rotatable bonds is 5. The van der Waals surface area contributed by atoms with Crippen molar-refractivity contribution in [2.75, 3.05) is 14.2 Å². The first kappa shape index (κ1) is 14.5. The van der Waals surface area contributed by atoms with E-state index in [0.717, 1.165) is 0 Å². The van der Waals surface area contributed by atoms with Crippen molar-refractivity contribution in [1.82, 2.24) is 0 Å². The monoisotopic (exact) mass is 294 g/mol. The number of aliphatic hydroxyl groups is 1. The molecule has 0 saturated carbocycles. The number of ether oxygens (including phenoxy) is 3. The van der Waals surface area contributed by atoms with Gasteiger partial charge < -0.3 is 19.3 Å². The second-order valence-electron chi connectivity index (χ2n) is 3.98. The van der Waals surface area contributed by atoms with E-state index >= 15 is 0 Å². The molecule has 2 aromatic rings. The van der Waals surface area contributed by atoms with Crippen LogP contribution in [0.4, 0.5) is 0 Å². The van der Waals surface area contributed by atoms with Crippen molar-refractivity contribution in [2.24, 2.45) is 0 Å². The van der Waals surface area contributed by atoms with Gasteiger partial charge in [-0.05, 0) is 18.2 Å². The molecule has 0 aliphatic heterocycles. The van der Waals surface area contributed by atoms with Crippen molar-refractivity contribution in [3.63, 3.8) is 0 Å². The molecule has 0 unspecified atom stereocenters. The minimum absolute atomic E-state index is 0.173. The van der Waals surface area contributed by atoms with Crippen LogP contribution in [0.2, 0.25) is 5.02 Å². The first-order valence-corrected chi connectivity index (χ1v) is 6.36. The molecule has 2 rings (SSSR count). The lowest BCUT2D eigenvalue weighted by Gasteiger charge is -2.16. The Bertz CT molecular complexity index is 576. The van der Waals surface area contributed by atoms with E-state index in [1.54, 1.807) is 50.6 Å². The predicted octanol–water partition coefficient (Wildman–Crippen LogP) is 3.64. The van der Waals surface area contributed by atoms with Gasteiger partial charge in [-0.2, -0.15) is 0 Å². The van der Waals surface area contributed by atoms with E-state index in [9.17, 15) is 5.11 Å². The summed E-state index contributed by atoms with van der Waals surface area (Å²) in [5.74, 6) is 1.85. The molecule has 5 heteroatoms. The summed E-state index contributed by atoms with van der Waals surface area (Å²) in [6, 6.07) is 10.5. The number of benzene rings is 2. The molecular formula is C15H15ClO4. The molecule has 0 aliphatic rings. The average molecular weight is 295 g/mol. The Morgan fingerprint density at radius 1 is 0.950 bits per heavy atom. The first-order chi connectivity index (χ1) is 9.71. The van der Waals surface area contributed by atoms with Crippen LogP contribution in [0.5, 0.6) is 23.0 Å². The van der Waals surface area contributed by atoms with Gasteiger partial charge in [-0.1, -0.05) is 29.8 Å². The Morgan fingerprint density at radius 3 is 2.10 bits per heavy atom. The van der Waals surface area contributed by atoms with Gasteiger partial charge in [-0.3, -0.25) is 0 Å². The number of aliphatic hydroxyl groups excluding tert-OH is 1. The highest BCUT2D eigenvalue weighted by atomic mass is 35.5.